The van der Waals surface area contributed by atoms with Crippen molar-refractivity contribution >= 4 is 18.0 Å². The molecule has 198 valence electrons. The minimum absolute atomic E-state index is 0.138. The number of carboxylic acids is 1. The molecule has 1 aliphatic heterocycles. The second kappa shape index (κ2) is 11.1. The van der Waals surface area contributed by atoms with E-state index in [2.05, 4.69) is 10.3 Å². The summed E-state index contributed by atoms with van der Waals surface area (Å²) in [6.45, 7) is 7.60. The number of ether oxygens (including phenoxy) is 1. The summed E-state index contributed by atoms with van der Waals surface area (Å²) in [6.07, 6.45) is 2.74. The van der Waals surface area contributed by atoms with Gasteiger partial charge in [-0.1, -0.05) is 12.1 Å². The molecule has 0 bridgehead atoms. The molecule has 0 fully saturated rings. The predicted octanol–water partition coefficient (Wildman–Crippen LogP) is 5.62. The van der Waals surface area contributed by atoms with Gasteiger partial charge in [-0.3, -0.25) is 14.6 Å². The van der Waals surface area contributed by atoms with E-state index in [1.54, 1.807) is 39.0 Å². The first-order chi connectivity index (χ1) is 18.1. The molecule has 1 amide bonds. The minimum Gasteiger partial charge on any atom is -0.490 e. The van der Waals surface area contributed by atoms with Gasteiger partial charge in [0, 0.05) is 34.6 Å². The van der Waals surface area contributed by atoms with Crippen LogP contribution in [0.3, 0.4) is 0 Å². The van der Waals surface area contributed by atoms with Crippen molar-refractivity contribution in [3.8, 4) is 16.9 Å². The van der Waals surface area contributed by atoms with Gasteiger partial charge in [0.25, 0.3) is 0 Å². The Morgan fingerprint density at radius 3 is 2.63 bits per heavy atom. The second-order valence-electron chi connectivity index (χ2n) is 9.55. The maximum absolute atomic E-state index is 15.2. The van der Waals surface area contributed by atoms with Gasteiger partial charge in [-0.25, -0.2) is 8.78 Å². The molecule has 2 heterocycles. The van der Waals surface area contributed by atoms with Crippen molar-refractivity contribution in [2.45, 2.75) is 53.5 Å². The van der Waals surface area contributed by atoms with Crippen LogP contribution in [0, 0.1) is 32.4 Å². The molecule has 0 atom stereocenters. The first-order valence-electron chi connectivity index (χ1n) is 12.4. The minimum atomic E-state index is -1.04. The molecule has 1 aromatic heterocycles. The van der Waals surface area contributed by atoms with Crippen LogP contribution in [-0.4, -0.2) is 28.6 Å². The summed E-state index contributed by atoms with van der Waals surface area (Å²) < 4.78 is 34.3. The number of hydrogen-bond acceptors (Lipinski definition) is 4. The number of fused-ring (bicyclic) bond motifs is 1. The van der Waals surface area contributed by atoms with Crippen molar-refractivity contribution in [3.63, 3.8) is 0 Å². The first-order valence-corrected chi connectivity index (χ1v) is 12.4. The largest absolute Gasteiger partial charge is 0.490 e. The fourth-order valence-corrected chi connectivity index (χ4v) is 4.92. The molecule has 2 N–H and O–H groups in total. The van der Waals surface area contributed by atoms with Crippen molar-refractivity contribution in [1.82, 2.24) is 10.3 Å². The molecule has 6 nitrogen and oxygen atoms in total. The van der Waals surface area contributed by atoms with E-state index in [0.29, 0.717) is 57.8 Å². The van der Waals surface area contributed by atoms with Crippen molar-refractivity contribution in [2.75, 3.05) is 6.61 Å². The number of rotatable bonds is 7. The maximum Gasteiger partial charge on any atom is 0.307 e. The standard InChI is InChI=1S/C30H30F2N2O4/c1-16(30(37)33-15-20-7-5-8-21(31)12-20)11-24-18(3)34-19(4)25(14-27(35)36)28(24)23-13-26(32)29-22(17(23)2)9-6-10-38-29/h5,7-8,11-13H,6,9-10,14-15H2,1-4H3,(H,33,37)(H,35,36)/b16-11+. The Balaban J connectivity index is 1.83. The Labute approximate surface area is 220 Å². The van der Waals surface area contributed by atoms with Gasteiger partial charge in [-0.2, -0.15) is 0 Å². The van der Waals surface area contributed by atoms with E-state index in [9.17, 15) is 19.1 Å². The molecule has 0 saturated carbocycles. The van der Waals surface area contributed by atoms with Crippen LogP contribution in [-0.2, 0) is 29.0 Å². The third-order valence-electron chi connectivity index (χ3n) is 6.83. The van der Waals surface area contributed by atoms with Crippen molar-refractivity contribution in [2.24, 2.45) is 0 Å². The van der Waals surface area contributed by atoms with E-state index >= 15 is 4.39 Å². The number of hydrogen-bond donors (Lipinski definition) is 2. The molecule has 3 aromatic rings. The Morgan fingerprint density at radius 1 is 1.16 bits per heavy atom. The molecule has 4 rings (SSSR count). The van der Waals surface area contributed by atoms with E-state index in [1.807, 2.05) is 6.92 Å². The number of halogens is 2. The normalized spacial score (nSPS) is 13.1. The molecule has 38 heavy (non-hydrogen) atoms. The summed E-state index contributed by atoms with van der Waals surface area (Å²) in [5.74, 6) is -2.07. The van der Waals surface area contributed by atoms with Crippen LogP contribution in [0.5, 0.6) is 5.75 Å². The summed E-state index contributed by atoms with van der Waals surface area (Å²) >= 11 is 0. The van der Waals surface area contributed by atoms with Gasteiger partial charge >= 0.3 is 5.97 Å². The average molecular weight is 521 g/mol. The molecular formula is C30H30F2N2O4. The van der Waals surface area contributed by atoms with Gasteiger partial charge in [0.15, 0.2) is 11.6 Å². The number of aliphatic carboxylic acids is 1. The van der Waals surface area contributed by atoms with Crippen LogP contribution in [0.4, 0.5) is 8.78 Å². The summed E-state index contributed by atoms with van der Waals surface area (Å²) in [7, 11) is 0. The second-order valence-corrected chi connectivity index (χ2v) is 9.55. The number of aryl methyl sites for hydroxylation is 2. The van der Waals surface area contributed by atoms with Crippen LogP contribution in [0.2, 0.25) is 0 Å². The van der Waals surface area contributed by atoms with Crippen LogP contribution in [0.15, 0.2) is 35.9 Å². The van der Waals surface area contributed by atoms with Crippen LogP contribution in [0.25, 0.3) is 17.2 Å². The summed E-state index contributed by atoms with van der Waals surface area (Å²) in [4.78, 5) is 29.3. The van der Waals surface area contributed by atoms with Gasteiger partial charge in [-0.05, 0) is 92.6 Å². The van der Waals surface area contributed by atoms with E-state index in [0.717, 1.165) is 17.5 Å². The molecule has 0 unspecified atom stereocenters. The number of carbonyl (C=O) groups is 2. The third kappa shape index (κ3) is 5.59. The number of pyridine rings is 1. The van der Waals surface area contributed by atoms with Crippen molar-refractivity contribution < 1.29 is 28.2 Å². The van der Waals surface area contributed by atoms with Crippen LogP contribution < -0.4 is 10.1 Å². The van der Waals surface area contributed by atoms with Gasteiger partial charge in [0.1, 0.15) is 5.82 Å². The monoisotopic (exact) mass is 520 g/mol. The summed E-state index contributed by atoms with van der Waals surface area (Å²) in [5, 5.41) is 12.5. The van der Waals surface area contributed by atoms with Gasteiger partial charge in [0.05, 0.1) is 13.0 Å². The number of aromatic nitrogens is 1. The maximum atomic E-state index is 15.2. The quantitative estimate of drug-likeness (QED) is 0.395. The van der Waals surface area contributed by atoms with Gasteiger partial charge < -0.3 is 15.2 Å². The molecule has 0 radical (unpaired) electrons. The van der Waals surface area contributed by atoms with Gasteiger partial charge in [-0.15, -0.1) is 0 Å². The Morgan fingerprint density at radius 2 is 1.92 bits per heavy atom. The van der Waals surface area contributed by atoms with Gasteiger partial charge in [0.2, 0.25) is 5.91 Å². The fourth-order valence-electron chi connectivity index (χ4n) is 4.92. The van der Waals surface area contributed by atoms with Crippen molar-refractivity contribution in [1.29, 1.82) is 0 Å². The number of nitrogens with zero attached hydrogens (tertiary/aromatic N) is 1. The highest BCUT2D eigenvalue weighted by molar-refractivity contribution is 5.99. The number of nitrogens with one attached hydrogen (secondary N) is 1. The molecule has 1 aliphatic rings. The zero-order valence-electron chi connectivity index (χ0n) is 21.9. The number of benzene rings is 2. The van der Waals surface area contributed by atoms with Crippen molar-refractivity contribution in [3.05, 3.63) is 86.7 Å². The summed E-state index contributed by atoms with van der Waals surface area (Å²) in [5.41, 5.74) is 5.74. The highest BCUT2D eigenvalue weighted by atomic mass is 19.1. The Bertz CT molecular complexity index is 1460. The lowest BCUT2D eigenvalue weighted by atomic mass is 9.85. The van der Waals surface area contributed by atoms with E-state index < -0.39 is 11.8 Å². The molecule has 0 aliphatic carbocycles. The van der Waals surface area contributed by atoms with E-state index in [1.165, 1.54) is 18.2 Å². The highest BCUT2D eigenvalue weighted by Crippen LogP contribution is 2.41. The zero-order chi connectivity index (χ0) is 27.6. The number of carboxylic acid groups (broad SMARTS) is 1. The van der Waals surface area contributed by atoms with Crippen LogP contribution in [0.1, 0.15) is 52.5 Å². The predicted molar refractivity (Wildman–Crippen MR) is 141 cm³/mol. The molecule has 0 spiro atoms. The lowest BCUT2D eigenvalue weighted by Gasteiger charge is -2.24. The Hall–Kier alpha value is -4.07. The molecule has 0 saturated heterocycles. The molecule has 8 heteroatoms. The SMILES string of the molecule is C/C(=C\c1c(C)nc(C)c(CC(=O)O)c1-c1cc(F)c2c(c1C)CCCO2)C(=O)NCc1cccc(F)c1. The Kier molecular flexibility index (Phi) is 7.90. The highest BCUT2D eigenvalue weighted by Gasteiger charge is 2.26. The lowest BCUT2D eigenvalue weighted by molar-refractivity contribution is -0.136. The number of carbonyl (C=O) groups excluding carboxylic acids is 1. The third-order valence-corrected chi connectivity index (χ3v) is 6.83. The lowest BCUT2D eigenvalue weighted by Crippen LogP contribution is -2.23. The molecule has 2 aromatic carbocycles. The van der Waals surface area contributed by atoms with E-state index in [4.69, 9.17) is 4.74 Å². The first kappa shape index (κ1) is 27.0. The summed E-state index contributed by atoms with van der Waals surface area (Å²) in [6, 6.07) is 7.35. The smallest absolute Gasteiger partial charge is 0.307 e. The average Bonchev–Trinajstić information content (AvgIpc) is 2.87. The van der Waals surface area contributed by atoms with E-state index in [-0.39, 0.29) is 30.4 Å². The zero-order valence-corrected chi connectivity index (χ0v) is 21.9. The fraction of sp³-hybridized carbons (Fsp3) is 0.300. The number of amides is 1. The molecular weight excluding hydrogens is 490 g/mol. The topological polar surface area (TPSA) is 88.5 Å². The van der Waals surface area contributed by atoms with Crippen LogP contribution >= 0.6 is 0 Å².